The zero-order valence-corrected chi connectivity index (χ0v) is 8.60. The molecule has 0 unspecified atom stereocenters. The Balaban J connectivity index is 2.33. The number of fused-ring (bicyclic) bond motifs is 1. The van der Waals surface area contributed by atoms with E-state index < -0.39 is 0 Å². The Hall–Kier alpha value is -0.680. The van der Waals surface area contributed by atoms with Gasteiger partial charge in [-0.25, -0.2) is 4.68 Å². The predicted octanol–water partition coefficient (Wildman–Crippen LogP) is 1.27. The van der Waals surface area contributed by atoms with Gasteiger partial charge in [-0.05, 0) is 11.9 Å². The summed E-state index contributed by atoms with van der Waals surface area (Å²) in [5.41, 5.74) is 0.162. The van der Waals surface area contributed by atoms with Crippen molar-refractivity contribution in [3.05, 3.63) is 6.20 Å². The Morgan fingerprint density at radius 1 is 1.69 bits per heavy atom. The van der Waals surface area contributed by atoms with E-state index in [0.717, 1.165) is 23.9 Å². The highest BCUT2D eigenvalue weighted by Crippen LogP contribution is 2.33. The van der Waals surface area contributed by atoms with Gasteiger partial charge in [-0.2, -0.15) is 5.10 Å². The number of hydrogen-bond acceptors (Lipinski definition) is 4. The second-order valence-corrected chi connectivity index (χ2v) is 4.72. The van der Waals surface area contributed by atoms with Gasteiger partial charge in [0.1, 0.15) is 4.90 Å². The highest BCUT2D eigenvalue weighted by atomic mass is 32.2. The molecule has 0 spiro atoms. The Morgan fingerprint density at radius 3 is 3.15 bits per heavy atom. The van der Waals surface area contributed by atoms with E-state index in [0.29, 0.717) is 0 Å². The fourth-order valence-corrected chi connectivity index (χ4v) is 1.78. The second kappa shape index (κ2) is 2.92. The van der Waals surface area contributed by atoms with Crippen LogP contribution < -0.4 is 9.88 Å². The summed E-state index contributed by atoms with van der Waals surface area (Å²) in [5, 5.41) is 9.68. The van der Waals surface area contributed by atoms with Crippen LogP contribution in [-0.2, 0) is 6.54 Å². The van der Waals surface area contributed by atoms with Crippen LogP contribution in [0.3, 0.4) is 0 Å². The maximum absolute atomic E-state index is 5.60. The van der Waals surface area contributed by atoms with Crippen LogP contribution in [0.15, 0.2) is 11.1 Å². The minimum absolute atomic E-state index is 0.162. The Kier molecular flexibility index (Phi) is 2.00. The average molecular weight is 199 g/mol. The van der Waals surface area contributed by atoms with E-state index in [-0.39, 0.29) is 5.41 Å². The zero-order valence-electron chi connectivity index (χ0n) is 7.78. The molecule has 0 aromatic carbocycles. The molecule has 2 rings (SSSR count). The fourth-order valence-electron chi connectivity index (χ4n) is 1.41. The van der Waals surface area contributed by atoms with Crippen molar-refractivity contribution in [1.29, 1.82) is 0 Å². The first-order valence-corrected chi connectivity index (χ1v) is 5.06. The minimum Gasteiger partial charge on any atom is -0.476 e. The second-order valence-electron chi connectivity index (χ2n) is 4.04. The lowest BCUT2D eigenvalue weighted by Crippen LogP contribution is -2.33. The lowest BCUT2D eigenvalue weighted by molar-refractivity contribution is 0.0973. The van der Waals surface area contributed by atoms with Crippen LogP contribution in [-0.4, -0.2) is 16.4 Å². The molecule has 0 bridgehead atoms. The van der Waals surface area contributed by atoms with E-state index in [1.807, 2.05) is 4.68 Å². The smallest absolute Gasteiger partial charge is 0.227 e. The first-order valence-electron chi connectivity index (χ1n) is 4.18. The molecule has 0 saturated heterocycles. The van der Waals surface area contributed by atoms with E-state index in [1.54, 1.807) is 6.20 Å². The standard InChI is InChI=1S/C8H13N3OS/c1-8(2)4-11-7(12-5-8)6(13-9)3-10-11/h3H,4-5,9H2,1-2H3. The maximum Gasteiger partial charge on any atom is 0.227 e. The minimum atomic E-state index is 0.162. The molecule has 0 fully saturated rings. The highest BCUT2D eigenvalue weighted by Gasteiger charge is 2.28. The average Bonchev–Trinajstić information content (AvgIpc) is 2.44. The molecule has 0 aliphatic carbocycles. The molecule has 1 aromatic heterocycles. The van der Waals surface area contributed by atoms with Crippen molar-refractivity contribution in [3.63, 3.8) is 0 Å². The van der Waals surface area contributed by atoms with Crippen molar-refractivity contribution in [3.8, 4) is 5.88 Å². The summed E-state index contributed by atoms with van der Waals surface area (Å²) in [7, 11) is 0. The molecule has 0 saturated carbocycles. The van der Waals surface area contributed by atoms with Gasteiger partial charge in [0.15, 0.2) is 0 Å². The molecule has 5 heteroatoms. The molecule has 0 amide bonds. The van der Waals surface area contributed by atoms with Gasteiger partial charge in [0, 0.05) is 5.41 Å². The Bertz CT molecular complexity index is 321. The summed E-state index contributed by atoms with van der Waals surface area (Å²) in [6, 6.07) is 0. The SMILES string of the molecule is CC1(C)COc2c(SN)cnn2C1. The van der Waals surface area contributed by atoms with E-state index in [1.165, 1.54) is 11.9 Å². The highest BCUT2D eigenvalue weighted by molar-refractivity contribution is 7.97. The van der Waals surface area contributed by atoms with Crippen LogP contribution in [0.5, 0.6) is 5.88 Å². The van der Waals surface area contributed by atoms with Crippen LogP contribution >= 0.6 is 11.9 Å². The molecule has 1 aliphatic heterocycles. The summed E-state index contributed by atoms with van der Waals surface area (Å²) < 4.78 is 7.47. The van der Waals surface area contributed by atoms with Gasteiger partial charge >= 0.3 is 0 Å². The third-order valence-corrected chi connectivity index (χ3v) is 2.60. The number of nitrogens with two attached hydrogens (primary N) is 1. The van der Waals surface area contributed by atoms with Gasteiger partial charge in [0.25, 0.3) is 0 Å². The van der Waals surface area contributed by atoms with Crippen molar-refractivity contribution in [1.82, 2.24) is 9.78 Å². The molecular formula is C8H13N3OS. The molecular weight excluding hydrogens is 186 g/mol. The number of rotatable bonds is 1. The molecule has 4 nitrogen and oxygen atoms in total. The number of hydrogen-bond donors (Lipinski definition) is 1. The van der Waals surface area contributed by atoms with Gasteiger partial charge in [0.05, 0.1) is 19.3 Å². The van der Waals surface area contributed by atoms with Crippen molar-refractivity contribution < 1.29 is 4.74 Å². The Morgan fingerprint density at radius 2 is 2.46 bits per heavy atom. The summed E-state index contributed by atoms with van der Waals surface area (Å²) in [6.07, 6.45) is 1.75. The maximum atomic E-state index is 5.60. The molecule has 72 valence electrons. The topological polar surface area (TPSA) is 53.1 Å². The van der Waals surface area contributed by atoms with E-state index in [9.17, 15) is 0 Å². The fraction of sp³-hybridized carbons (Fsp3) is 0.625. The monoisotopic (exact) mass is 199 g/mol. The van der Waals surface area contributed by atoms with Crippen LogP contribution in [0.25, 0.3) is 0 Å². The first kappa shape index (κ1) is 8.90. The molecule has 2 heterocycles. The molecule has 13 heavy (non-hydrogen) atoms. The summed E-state index contributed by atoms with van der Waals surface area (Å²) in [4.78, 5) is 0.913. The molecule has 1 aromatic rings. The largest absolute Gasteiger partial charge is 0.476 e. The number of ether oxygens (including phenoxy) is 1. The van der Waals surface area contributed by atoms with Gasteiger partial charge in [0.2, 0.25) is 5.88 Å². The molecule has 0 atom stereocenters. The van der Waals surface area contributed by atoms with E-state index in [4.69, 9.17) is 9.88 Å². The van der Waals surface area contributed by atoms with Gasteiger partial charge < -0.3 is 4.74 Å². The van der Waals surface area contributed by atoms with Crippen LogP contribution in [0.2, 0.25) is 0 Å². The lowest BCUT2D eigenvalue weighted by atomic mass is 9.94. The van der Waals surface area contributed by atoms with Crippen LogP contribution in [0.4, 0.5) is 0 Å². The predicted molar refractivity (Wildman–Crippen MR) is 51.5 cm³/mol. The summed E-state index contributed by atoms with van der Waals surface area (Å²) in [6.45, 7) is 5.94. The summed E-state index contributed by atoms with van der Waals surface area (Å²) in [5.74, 6) is 0.812. The molecule has 1 aliphatic rings. The number of aromatic nitrogens is 2. The van der Waals surface area contributed by atoms with Crippen molar-refractivity contribution in [2.45, 2.75) is 25.3 Å². The number of nitrogens with zero attached hydrogens (tertiary/aromatic N) is 2. The van der Waals surface area contributed by atoms with Crippen molar-refractivity contribution >= 4 is 11.9 Å². The third-order valence-electron chi connectivity index (χ3n) is 2.06. The van der Waals surface area contributed by atoms with Gasteiger partial charge in [-0.15, -0.1) is 0 Å². The zero-order chi connectivity index (χ0) is 9.47. The third kappa shape index (κ3) is 1.53. The van der Waals surface area contributed by atoms with E-state index >= 15 is 0 Å². The lowest BCUT2D eigenvalue weighted by Gasteiger charge is -2.30. The van der Waals surface area contributed by atoms with Crippen molar-refractivity contribution in [2.75, 3.05) is 6.61 Å². The molecule has 2 N–H and O–H groups in total. The quantitative estimate of drug-likeness (QED) is 0.692. The van der Waals surface area contributed by atoms with Crippen molar-refractivity contribution in [2.24, 2.45) is 10.6 Å². The van der Waals surface area contributed by atoms with Gasteiger partial charge in [-0.1, -0.05) is 13.8 Å². The first-order chi connectivity index (χ1) is 6.12. The Labute approximate surface area is 81.6 Å². The van der Waals surface area contributed by atoms with Gasteiger partial charge in [-0.3, -0.25) is 5.14 Å². The van der Waals surface area contributed by atoms with Crippen LogP contribution in [0.1, 0.15) is 13.8 Å². The van der Waals surface area contributed by atoms with E-state index in [2.05, 4.69) is 18.9 Å². The molecule has 0 radical (unpaired) electrons. The van der Waals surface area contributed by atoms with Crippen LogP contribution in [0, 0.1) is 5.41 Å². The summed E-state index contributed by atoms with van der Waals surface area (Å²) >= 11 is 1.18. The normalized spacial score (nSPS) is 19.3.